The van der Waals surface area contributed by atoms with E-state index < -0.39 is 0 Å². The third kappa shape index (κ3) is 4.95. The van der Waals surface area contributed by atoms with Crippen LogP contribution in [0.2, 0.25) is 10.0 Å². The second-order valence-corrected chi connectivity index (χ2v) is 7.16. The third-order valence-corrected chi connectivity index (χ3v) is 4.91. The number of nitrogens with zero attached hydrogens (tertiary/aromatic N) is 3. The number of hydrogen-bond acceptors (Lipinski definition) is 4. The molecule has 1 heterocycles. The number of amides is 2. The number of nitrogens with one attached hydrogen (secondary N) is 1. The third-order valence-electron chi connectivity index (χ3n) is 4.21. The molecule has 0 fully saturated rings. The fraction of sp³-hybridized carbons (Fsp3) is 0.0909. The predicted molar refractivity (Wildman–Crippen MR) is 117 cm³/mol. The molecule has 1 aromatic heterocycles. The van der Waals surface area contributed by atoms with Gasteiger partial charge in [0, 0.05) is 29.9 Å². The molecule has 30 heavy (non-hydrogen) atoms. The molecule has 6 nitrogen and oxygen atoms in total. The summed E-state index contributed by atoms with van der Waals surface area (Å²) in [7, 11) is 0. The lowest BCUT2D eigenvalue weighted by atomic mass is 10.1. The van der Waals surface area contributed by atoms with Gasteiger partial charge in [-0.05, 0) is 35.9 Å². The van der Waals surface area contributed by atoms with Crippen LogP contribution >= 0.6 is 23.2 Å². The van der Waals surface area contributed by atoms with E-state index in [4.69, 9.17) is 23.2 Å². The average Bonchev–Trinajstić information content (AvgIpc) is 2.71. The molecule has 150 valence electrons. The second kappa shape index (κ2) is 9.40. The highest BCUT2D eigenvalue weighted by atomic mass is 35.5. The van der Waals surface area contributed by atoms with Gasteiger partial charge < -0.3 is 5.32 Å². The van der Waals surface area contributed by atoms with Gasteiger partial charge in [-0.25, -0.2) is 4.98 Å². The quantitative estimate of drug-likeness (QED) is 0.598. The molecule has 3 rings (SSSR count). The number of nitriles is 1. The van der Waals surface area contributed by atoms with Crippen LogP contribution in [0.15, 0.2) is 60.8 Å². The molecule has 3 aromatic rings. The van der Waals surface area contributed by atoms with Crippen LogP contribution in [0.5, 0.6) is 0 Å². The predicted octanol–water partition coefficient (Wildman–Crippen LogP) is 5.13. The molecule has 0 aliphatic rings. The van der Waals surface area contributed by atoms with E-state index in [-0.39, 0.29) is 23.8 Å². The summed E-state index contributed by atoms with van der Waals surface area (Å²) in [4.78, 5) is 30.3. The smallest absolute Gasteiger partial charge is 0.229 e. The molecule has 0 bridgehead atoms. The maximum Gasteiger partial charge on any atom is 0.229 e. The van der Waals surface area contributed by atoms with Crippen LogP contribution in [-0.2, 0) is 16.0 Å². The summed E-state index contributed by atoms with van der Waals surface area (Å²) < 4.78 is 0. The highest BCUT2D eigenvalue weighted by Gasteiger charge is 2.18. The zero-order chi connectivity index (χ0) is 21.7. The van der Waals surface area contributed by atoms with Crippen molar-refractivity contribution >= 4 is 52.2 Å². The number of rotatable bonds is 5. The van der Waals surface area contributed by atoms with Gasteiger partial charge in [-0.1, -0.05) is 41.4 Å². The van der Waals surface area contributed by atoms with Crippen LogP contribution in [0.4, 0.5) is 17.2 Å². The summed E-state index contributed by atoms with van der Waals surface area (Å²) in [5.41, 5.74) is 1.86. The van der Waals surface area contributed by atoms with Crippen LogP contribution in [0.1, 0.15) is 18.1 Å². The van der Waals surface area contributed by atoms with Crippen LogP contribution in [-0.4, -0.2) is 16.8 Å². The molecule has 2 amide bonds. The van der Waals surface area contributed by atoms with Gasteiger partial charge in [0.1, 0.15) is 11.9 Å². The number of carbonyl (C=O) groups excluding carboxylic acids is 2. The lowest BCUT2D eigenvalue weighted by Gasteiger charge is -2.21. The minimum Gasteiger partial charge on any atom is -0.326 e. The van der Waals surface area contributed by atoms with Gasteiger partial charge in [0.25, 0.3) is 0 Å². The van der Waals surface area contributed by atoms with Gasteiger partial charge in [-0.3, -0.25) is 14.5 Å². The Morgan fingerprint density at radius 1 is 1.10 bits per heavy atom. The van der Waals surface area contributed by atoms with E-state index in [1.807, 2.05) is 12.1 Å². The van der Waals surface area contributed by atoms with Gasteiger partial charge in [-0.2, -0.15) is 5.26 Å². The fourth-order valence-electron chi connectivity index (χ4n) is 2.85. The van der Waals surface area contributed by atoms with Crippen molar-refractivity contribution in [1.29, 1.82) is 5.26 Å². The Bertz CT molecular complexity index is 1160. The number of anilines is 3. The highest BCUT2D eigenvalue weighted by Crippen LogP contribution is 2.29. The maximum absolute atomic E-state index is 12.4. The summed E-state index contributed by atoms with van der Waals surface area (Å²) in [6.45, 7) is 1.38. The van der Waals surface area contributed by atoms with Crippen molar-refractivity contribution in [3.8, 4) is 6.07 Å². The van der Waals surface area contributed by atoms with E-state index in [1.54, 1.807) is 42.5 Å². The molecule has 0 atom stereocenters. The fourth-order valence-corrected chi connectivity index (χ4v) is 3.21. The lowest BCUT2D eigenvalue weighted by molar-refractivity contribution is -0.116. The Morgan fingerprint density at radius 3 is 2.57 bits per heavy atom. The SMILES string of the molecule is CC(=O)N(c1ccc(Cl)c(C#N)c1)c1cc(NC(=O)Cc2ccccc2Cl)ccn1. The van der Waals surface area contributed by atoms with Gasteiger partial charge >= 0.3 is 0 Å². The zero-order valence-corrected chi connectivity index (χ0v) is 17.4. The molecule has 0 aliphatic carbocycles. The van der Waals surface area contributed by atoms with Crippen molar-refractivity contribution in [2.24, 2.45) is 0 Å². The first-order valence-corrected chi connectivity index (χ1v) is 9.64. The standard InChI is InChI=1S/C22H16Cl2N4O2/c1-14(29)28(18-6-7-20(24)16(10-18)13-25)21-12-17(8-9-26-21)27-22(30)11-15-4-2-3-5-19(15)23/h2-10,12H,11H2,1H3,(H,26,27,30). The van der Waals surface area contributed by atoms with Crippen LogP contribution in [0.3, 0.4) is 0 Å². The van der Waals surface area contributed by atoms with Gasteiger partial charge in [0.05, 0.1) is 22.7 Å². The first-order valence-electron chi connectivity index (χ1n) is 8.88. The normalized spacial score (nSPS) is 10.2. The summed E-state index contributed by atoms with van der Waals surface area (Å²) in [5, 5.41) is 12.8. The number of aromatic nitrogens is 1. The van der Waals surface area contributed by atoms with Crippen molar-refractivity contribution in [3.63, 3.8) is 0 Å². The molecule has 0 saturated heterocycles. The van der Waals surface area contributed by atoms with Crippen molar-refractivity contribution in [1.82, 2.24) is 4.98 Å². The monoisotopic (exact) mass is 438 g/mol. The van der Waals surface area contributed by atoms with Crippen molar-refractivity contribution in [2.45, 2.75) is 13.3 Å². The Balaban J connectivity index is 1.85. The molecule has 0 saturated carbocycles. The Kier molecular flexibility index (Phi) is 6.68. The van der Waals surface area contributed by atoms with E-state index in [0.29, 0.717) is 32.8 Å². The number of halogens is 2. The largest absolute Gasteiger partial charge is 0.326 e. The lowest BCUT2D eigenvalue weighted by Crippen LogP contribution is -2.24. The molecular weight excluding hydrogens is 423 g/mol. The Hall–Kier alpha value is -3.40. The van der Waals surface area contributed by atoms with Gasteiger partial charge in [0.15, 0.2) is 0 Å². The van der Waals surface area contributed by atoms with Crippen molar-refractivity contribution < 1.29 is 9.59 Å². The van der Waals surface area contributed by atoms with E-state index in [9.17, 15) is 14.9 Å². The van der Waals surface area contributed by atoms with E-state index in [1.165, 1.54) is 24.1 Å². The first kappa shape index (κ1) is 21.3. The summed E-state index contributed by atoms with van der Waals surface area (Å²) in [6.07, 6.45) is 1.59. The summed E-state index contributed by atoms with van der Waals surface area (Å²) in [6, 6.07) is 17.0. The highest BCUT2D eigenvalue weighted by molar-refractivity contribution is 6.32. The topological polar surface area (TPSA) is 86.1 Å². The number of pyridine rings is 1. The molecule has 0 radical (unpaired) electrons. The number of benzene rings is 2. The van der Waals surface area contributed by atoms with Gasteiger partial charge in [-0.15, -0.1) is 0 Å². The van der Waals surface area contributed by atoms with Crippen LogP contribution in [0, 0.1) is 11.3 Å². The molecular formula is C22H16Cl2N4O2. The van der Waals surface area contributed by atoms with Crippen LogP contribution in [0.25, 0.3) is 0 Å². The molecule has 0 unspecified atom stereocenters. The molecule has 8 heteroatoms. The van der Waals surface area contributed by atoms with Crippen molar-refractivity contribution in [3.05, 3.63) is 82.0 Å². The second-order valence-electron chi connectivity index (χ2n) is 6.35. The van der Waals surface area contributed by atoms with E-state index in [2.05, 4.69) is 10.3 Å². The minimum absolute atomic E-state index is 0.108. The Morgan fingerprint density at radius 2 is 1.87 bits per heavy atom. The summed E-state index contributed by atoms with van der Waals surface area (Å²) in [5.74, 6) is -0.273. The molecule has 0 aliphatic heterocycles. The molecule has 2 aromatic carbocycles. The molecule has 0 spiro atoms. The Labute approximate surface area is 183 Å². The van der Waals surface area contributed by atoms with Crippen molar-refractivity contribution in [2.75, 3.05) is 10.2 Å². The van der Waals surface area contributed by atoms with E-state index >= 15 is 0 Å². The number of carbonyl (C=O) groups is 2. The van der Waals surface area contributed by atoms with Gasteiger partial charge in [0.2, 0.25) is 11.8 Å². The van der Waals surface area contributed by atoms with Crippen LogP contribution < -0.4 is 10.2 Å². The van der Waals surface area contributed by atoms with E-state index in [0.717, 1.165) is 0 Å². The molecule has 1 N–H and O–H groups in total. The summed E-state index contributed by atoms with van der Waals surface area (Å²) >= 11 is 12.1. The number of hydrogen-bond donors (Lipinski definition) is 1. The first-order chi connectivity index (χ1) is 14.4. The maximum atomic E-state index is 12.4. The zero-order valence-electron chi connectivity index (χ0n) is 15.9. The minimum atomic E-state index is -0.312. The average molecular weight is 439 g/mol.